The molecule has 0 spiro atoms. The van der Waals surface area contributed by atoms with Crippen molar-refractivity contribution < 1.29 is 30.2 Å². The van der Waals surface area contributed by atoms with Crippen LogP contribution in [0.15, 0.2) is 36.2 Å². The predicted octanol–water partition coefficient (Wildman–Crippen LogP) is 7.24. The molecule has 0 aromatic heterocycles. The summed E-state index contributed by atoms with van der Waals surface area (Å²) in [5, 5.41) is 3.40. The molecule has 3 rings (SSSR count). The number of rotatable bonds is 2. The van der Waals surface area contributed by atoms with Gasteiger partial charge >= 0.3 is 33.0 Å². The Kier molecular flexibility index (Phi) is 6.09. The van der Waals surface area contributed by atoms with Gasteiger partial charge in [-0.05, 0) is 59.6 Å². The van der Waals surface area contributed by atoms with E-state index in [9.17, 15) is 25.2 Å². The number of hydrogen-bond donors (Lipinski definition) is 2. The molecule has 1 heterocycles. The Morgan fingerprint density at radius 3 is 1.42 bits per heavy atom. The summed E-state index contributed by atoms with van der Waals surface area (Å²) in [6.07, 6.45) is 2.25. The van der Waals surface area contributed by atoms with Crippen molar-refractivity contribution in [1.82, 2.24) is 5.53 Å². The van der Waals surface area contributed by atoms with Crippen molar-refractivity contribution in [3.63, 3.8) is 0 Å². The van der Waals surface area contributed by atoms with Gasteiger partial charge in [-0.2, -0.15) is 5.01 Å². The molecule has 0 bridgehead atoms. The molecule has 0 radical (unpaired) electrons. The summed E-state index contributed by atoms with van der Waals surface area (Å²) in [7, 11) is -10.7. The van der Waals surface area contributed by atoms with Gasteiger partial charge in [0, 0.05) is 11.1 Å². The molecule has 0 aliphatic carbocycles. The quantitative estimate of drug-likeness (QED) is 0.359. The third-order valence-electron chi connectivity index (χ3n) is 4.74. The van der Waals surface area contributed by atoms with Crippen molar-refractivity contribution in [3.8, 4) is 0 Å². The molecule has 1 aliphatic rings. The number of nitrogens with zero attached hydrogens (tertiary/aromatic N) is 1. The van der Waals surface area contributed by atoms with Crippen LogP contribution in [0.25, 0.3) is 0 Å². The zero-order chi connectivity index (χ0) is 24.0. The average Bonchev–Trinajstić information content (AvgIpc) is 2.83. The second-order valence-corrected chi connectivity index (χ2v) is 10.0. The average molecular weight is 467 g/mol. The molecular formula is C21H28F6N3P. The summed E-state index contributed by atoms with van der Waals surface area (Å²) >= 11 is 0. The minimum atomic E-state index is -10.7. The van der Waals surface area contributed by atoms with E-state index in [1.54, 1.807) is 0 Å². The molecule has 0 saturated carbocycles. The molecule has 0 saturated heterocycles. The third kappa shape index (κ3) is 7.52. The number of hydrazine groups is 1. The van der Waals surface area contributed by atoms with Gasteiger partial charge in [0.1, 0.15) is 6.20 Å². The molecule has 0 fully saturated rings. The molecule has 0 amide bonds. The zero-order valence-electron chi connectivity index (χ0n) is 18.5. The summed E-state index contributed by atoms with van der Waals surface area (Å²) in [6, 6.07) is 9.01. The van der Waals surface area contributed by atoms with Crippen molar-refractivity contribution in [2.45, 2.75) is 48.5 Å². The number of benzene rings is 2. The minimum absolute atomic E-state index is 1.18. The Hall–Kier alpha value is -2.09. The Labute approximate surface area is 178 Å². The van der Waals surface area contributed by atoms with E-state index in [1.807, 2.05) is 0 Å². The van der Waals surface area contributed by atoms with Gasteiger partial charge < -0.3 is 0 Å². The van der Waals surface area contributed by atoms with Crippen molar-refractivity contribution >= 4 is 19.2 Å². The van der Waals surface area contributed by atoms with Crippen LogP contribution in [0.5, 0.6) is 0 Å². The molecule has 2 aromatic rings. The summed E-state index contributed by atoms with van der Waals surface area (Å²) in [5.41, 5.74) is 15.3. The third-order valence-corrected chi connectivity index (χ3v) is 4.74. The number of allylic oxidation sites excluding steroid dienone is 1. The van der Waals surface area contributed by atoms with E-state index in [1.165, 1.54) is 55.5 Å². The molecule has 1 unspecified atom stereocenters. The van der Waals surface area contributed by atoms with E-state index in [0.29, 0.717) is 0 Å². The molecule has 1 atom stereocenters. The van der Waals surface area contributed by atoms with Crippen LogP contribution in [0.3, 0.4) is 0 Å². The predicted molar refractivity (Wildman–Crippen MR) is 115 cm³/mol. The van der Waals surface area contributed by atoms with Crippen LogP contribution in [0, 0.1) is 41.5 Å². The fourth-order valence-electron chi connectivity index (χ4n) is 4.00. The normalized spacial score (nSPS) is 18.7. The van der Waals surface area contributed by atoms with Gasteiger partial charge in [0.05, 0.1) is 11.4 Å². The number of halogens is 6. The summed E-state index contributed by atoms with van der Waals surface area (Å²) in [6.45, 7) is 15.2. The summed E-state index contributed by atoms with van der Waals surface area (Å²) in [5.74, 6) is 0. The van der Waals surface area contributed by atoms with Crippen LogP contribution in [-0.2, 0) is 0 Å². The monoisotopic (exact) mass is 467 g/mol. The first-order valence-corrected chi connectivity index (χ1v) is 11.6. The van der Waals surface area contributed by atoms with E-state index < -0.39 is 7.81 Å². The maximum atomic E-state index is 9.87. The Morgan fingerprint density at radius 1 is 0.677 bits per heavy atom. The van der Waals surface area contributed by atoms with Crippen molar-refractivity contribution in [1.29, 1.82) is 0 Å². The number of nitrogens with one attached hydrogen (secondary N) is 2. The van der Waals surface area contributed by atoms with Gasteiger partial charge in [-0.1, -0.05) is 40.9 Å². The molecule has 10 heteroatoms. The van der Waals surface area contributed by atoms with E-state index in [0.717, 1.165) is 0 Å². The SMILES string of the molecule is CC1=C[NH+](c2c(C)cc(C)cc2C)NN1c1c(C)cc(C)cc1C.F[P-](F)(F)(F)(F)F. The molecule has 2 aromatic carbocycles. The van der Waals surface area contributed by atoms with Crippen molar-refractivity contribution in [3.05, 3.63) is 69.5 Å². The molecule has 31 heavy (non-hydrogen) atoms. The zero-order valence-corrected chi connectivity index (χ0v) is 19.4. The summed E-state index contributed by atoms with van der Waals surface area (Å²) in [4.78, 5) is 0. The van der Waals surface area contributed by atoms with Gasteiger partial charge in [0.25, 0.3) is 0 Å². The fourth-order valence-corrected chi connectivity index (χ4v) is 4.00. The van der Waals surface area contributed by atoms with E-state index in [2.05, 4.69) is 89.5 Å². The van der Waals surface area contributed by atoms with Gasteiger partial charge in [0.15, 0.2) is 5.69 Å². The standard InChI is InChI=1S/C21H27N3.F6P/c1-13-8-15(3)20(16(4)9-13)23-12-19(7)24(22-23)21-17(5)10-14(2)11-18(21)6;1-7(2,3,4,5)6/h8-12,22H,1-7H3;/q;-1/p+1. The molecule has 2 N–H and O–H groups in total. The maximum absolute atomic E-state index is 10.7. The molecule has 3 nitrogen and oxygen atoms in total. The molecule has 1 aliphatic heterocycles. The van der Waals surface area contributed by atoms with Gasteiger partial charge in [-0.3, -0.25) is 0 Å². The Bertz CT molecular complexity index is 988. The van der Waals surface area contributed by atoms with E-state index in [-0.39, 0.29) is 0 Å². The van der Waals surface area contributed by atoms with E-state index in [4.69, 9.17) is 0 Å². The number of quaternary nitrogens is 1. The number of anilines is 1. The van der Waals surface area contributed by atoms with Gasteiger partial charge in [-0.25, -0.2) is 5.01 Å². The van der Waals surface area contributed by atoms with E-state index >= 15 is 0 Å². The molecule has 174 valence electrons. The van der Waals surface area contributed by atoms with Crippen LogP contribution in [0.4, 0.5) is 36.6 Å². The second-order valence-electron chi connectivity index (χ2n) is 8.13. The first-order chi connectivity index (χ1) is 13.7. The van der Waals surface area contributed by atoms with Crippen LogP contribution in [0.1, 0.15) is 40.3 Å². The van der Waals surface area contributed by atoms with Crippen molar-refractivity contribution in [2.75, 3.05) is 5.01 Å². The Morgan fingerprint density at radius 2 is 1.03 bits per heavy atom. The van der Waals surface area contributed by atoms with Crippen LogP contribution in [-0.4, -0.2) is 0 Å². The fraction of sp³-hybridized carbons (Fsp3) is 0.333. The topological polar surface area (TPSA) is 19.7 Å². The van der Waals surface area contributed by atoms with Crippen LogP contribution in [0.2, 0.25) is 0 Å². The van der Waals surface area contributed by atoms with Gasteiger partial charge in [-0.15, -0.1) is 0 Å². The number of hydrogen-bond acceptors (Lipinski definition) is 2. The van der Waals surface area contributed by atoms with Crippen LogP contribution >= 0.6 is 7.81 Å². The molecular weight excluding hydrogens is 439 g/mol. The number of aryl methyl sites for hydroxylation is 6. The van der Waals surface area contributed by atoms with Gasteiger partial charge in [0.2, 0.25) is 0 Å². The summed E-state index contributed by atoms with van der Waals surface area (Å²) < 4.78 is 59.2. The first-order valence-electron chi connectivity index (χ1n) is 9.57. The van der Waals surface area contributed by atoms with Crippen LogP contribution < -0.4 is 15.6 Å². The second kappa shape index (κ2) is 7.50. The van der Waals surface area contributed by atoms with Crippen molar-refractivity contribution in [2.24, 2.45) is 0 Å². The first kappa shape index (κ1) is 25.2. The Balaban J connectivity index is 0.000000423.